The summed E-state index contributed by atoms with van der Waals surface area (Å²) in [7, 11) is 0. The van der Waals surface area contributed by atoms with E-state index in [0.717, 1.165) is 31.1 Å². The Bertz CT molecular complexity index is 1010. The van der Waals surface area contributed by atoms with Gasteiger partial charge in [-0.3, -0.25) is 14.5 Å². The normalized spacial score (nSPS) is 18.3. The molecule has 4 rings (SSSR count). The van der Waals surface area contributed by atoms with Crippen LogP contribution in [0.3, 0.4) is 0 Å². The molecular formula is C20H19ClN4O2S2. The molecule has 1 fully saturated rings. The van der Waals surface area contributed by atoms with Crippen molar-refractivity contribution in [1.29, 1.82) is 0 Å². The first-order valence-electron chi connectivity index (χ1n) is 9.30. The van der Waals surface area contributed by atoms with Crippen LogP contribution in [-0.4, -0.2) is 40.0 Å². The average Bonchev–Trinajstić information content (AvgIpc) is 3.30. The molecule has 2 aliphatic rings. The third-order valence-electron chi connectivity index (χ3n) is 4.60. The molecule has 1 aromatic carbocycles. The van der Waals surface area contributed by atoms with E-state index in [1.807, 2.05) is 11.4 Å². The van der Waals surface area contributed by atoms with Gasteiger partial charge in [0.2, 0.25) is 5.91 Å². The van der Waals surface area contributed by atoms with Gasteiger partial charge in [0.25, 0.3) is 5.91 Å². The molecule has 0 N–H and O–H groups in total. The van der Waals surface area contributed by atoms with Crippen LogP contribution in [0.15, 0.2) is 39.5 Å². The van der Waals surface area contributed by atoms with E-state index in [2.05, 4.69) is 14.9 Å². The van der Waals surface area contributed by atoms with Crippen LogP contribution in [0.1, 0.15) is 31.9 Å². The van der Waals surface area contributed by atoms with Crippen molar-refractivity contribution in [3.63, 3.8) is 0 Å². The SMILES string of the molecule is CC(=O)N(c1cccc(Cl)c1)c1nc(C=C2SC(N3CCCCC3)=NC2=O)cs1. The smallest absolute Gasteiger partial charge is 0.286 e. The lowest BCUT2D eigenvalue weighted by atomic mass is 10.1. The Kier molecular flexibility index (Phi) is 6.03. The zero-order chi connectivity index (χ0) is 20.4. The van der Waals surface area contributed by atoms with E-state index in [1.165, 1.54) is 41.3 Å². The van der Waals surface area contributed by atoms with E-state index in [-0.39, 0.29) is 11.8 Å². The Morgan fingerprint density at radius 1 is 1.28 bits per heavy atom. The molecule has 0 bridgehead atoms. The summed E-state index contributed by atoms with van der Waals surface area (Å²) >= 11 is 8.81. The highest BCUT2D eigenvalue weighted by Crippen LogP contribution is 2.34. The standard InChI is InChI=1S/C20H19ClN4O2S2/c1-13(26)25(16-7-5-6-14(21)10-16)20-22-15(12-28-20)11-17-18(27)23-19(29-17)24-8-3-2-4-9-24/h5-7,10-12H,2-4,8-9H2,1H3. The number of halogens is 1. The number of hydrogen-bond acceptors (Lipinski definition) is 6. The van der Waals surface area contributed by atoms with Crippen molar-refractivity contribution in [3.05, 3.63) is 45.3 Å². The molecule has 9 heteroatoms. The third kappa shape index (κ3) is 4.55. The topological polar surface area (TPSA) is 65.9 Å². The van der Waals surface area contributed by atoms with Crippen molar-refractivity contribution < 1.29 is 9.59 Å². The number of rotatable bonds is 3. The van der Waals surface area contributed by atoms with Gasteiger partial charge in [0.1, 0.15) is 0 Å². The second kappa shape index (κ2) is 8.69. The Balaban J connectivity index is 1.54. The predicted octanol–water partition coefficient (Wildman–Crippen LogP) is 4.94. The maximum Gasteiger partial charge on any atom is 0.286 e. The highest BCUT2D eigenvalue weighted by molar-refractivity contribution is 8.18. The maximum atomic E-state index is 12.3. The molecule has 150 valence electrons. The van der Waals surface area contributed by atoms with Gasteiger partial charge >= 0.3 is 0 Å². The monoisotopic (exact) mass is 446 g/mol. The number of aromatic nitrogens is 1. The van der Waals surface area contributed by atoms with Gasteiger partial charge in [-0.25, -0.2) is 4.98 Å². The summed E-state index contributed by atoms with van der Waals surface area (Å²) in [6.07, 6.45) is 5.23. The molecule has 0 spiro atoms. The van der Waals surface area contributed by atoms with Crippen LogP contribution in [0.25, 0.3) is 6.08 Å². The van der Waals surface area contributed by atoms with Crippen molar-refractivity contribution >= 4 is 68.6 Å². The molecule has 0 unspecified atom stereocenters. The fourth-order valence-corrected chi connectivity index (χ4v) is 5.22. The summed E-state index contributed by atoms with van der Waals surface area (Å²) < 4.78 is 0. The molecule has 29 heavy (non-hydrogen) atoms. The van der Waals surface area contributed by atoms with E-state index in [0.29, 0.717) is 26.4 Å². The minimum Gasteiger partial charge on any atom is -0.351 e. The van der Waals surface area contributed by atoms with Gasteiger partial charge in [-0.2, -0.15) is 4.99 Å². The van der Waals surface area contributed by atoms with E-state index < -0.39 is 0 Å². The largest absolute Gasteiger partial charge is 0.351 e. The summed E-state index contributed by atoms with van der Waals surface area (Å²) in [6, 6.07) is 7.07. The first-order chi connectivity index (χ1) is 14.0. The molecule has 1 saturated heterocycles. The summed E-state index contributed by atoms with van der Waals surface area (Å²) in [5.41, 5.74) is 1.28. The average molecular weight is 447 g/mol. The number of thiazole rings is 1. The number of amidine groups is 1. The first-order valence-corrected chi connectivity index (χ1v) is 11.4. The van der Waals surface area contributed by atoms with Gasteiger partial charge in [0.15, 0.2) is 10.3 Å². The summed E-state index contributed by atoms with van der Waals surface area (Å²) in [5, 5.41) is 3.68. The summed E-state index contributed by atoms with van der Waals surface area (Å²) in [5.74, 6) is -0.397. The van der Waals surface area contributed by atoms with Gasteiger partial charge in [-0.1, -0.05) is 17.7 Å². The Hall–Kier alpha value is -2.16. The minimum atomic E-state index is -0.233. The number of amides is 2. The molecule has 1 aromatic heterocycles. The number of hydrogen-bond donors (Lipinski definition) is 0. The van der Waals surface area contributed by atoms with Crippen LogP contribution in [0, 0.1) is 0 Å². The number of carbonyl (C=O) groups excluding carboxylic acids is 2. The Morgan fingerprint density at radius 2 is 2.07 bits per heavy atom. The summed E-state index contributed by atoms with van der Waals surface area (Å²) in [4.78, 5) is 37.6. The maximum absolute atomic E-state index is 12.3. The van der Waals surface area contributed by atoms with Gasteiger partial charge in [0.05, 0.1) is 16.3 Å². The van der Waals surface area contributed by atoms with E-state index in [9.17, 15) is 9.59 Å². The quantitative estimate of drug-likeness (QED) is 0.625. The Labute approximate surface area is 182 Å². The van der Waals surface area contributed by atoms with Crippen LogP contribution in [0.4, 0.5) is 10.8 Å². The third-order valence-corrected chi connectivity index (χ3v) is 6.72. The molecule has 0 aliphatic carbocycles. The van der Waals surface area contributed by atoms with Gasteiger partial charge in [-0.05, 0) is 55.3 Å². The fraction of sp³-hybridized carbons (Fsp3) is 0.300. The van der Waals surface area contributed by atoms with Crippen LogP contribution >= 0.6 is 34.7 Å². The van der Waals surface area contributed by atoms with Gasteiger partial charge in [-0.15, -0.1) is 11.3 Å². The first kappa shape index (κ1) is 20.1. The highest BCUT2D eigenvalue weighted by atomic mass is 35.5. The van der Waals surface area contributed by atoms with Crippen LogP contribution in [-0.2, 0) is 9.59 Å². The number of carbonyl (C=O) groups is 2. The molecular weight excluding hydrogens is 428 g/mol. The second-order valence-electron chi connectivity index (χ2n) is 6.75. The lowest BCUT2D eigenvalue weighted by molar-refractivity contribution is -0.116. The molecule has 2 aromatic rings. The van der Waals surface area contributed by atoms with E-state index >= 15 is 0 Å². The molecule has 2 amide bonds. The molecule has 6 nitrogen and oxygen atoms in total. The highest BCUT2D eigenvalue weighted by Gasteiger charge is 2.27. The van der Waals surface area contributed by atoms with Crippen molar-refractivity contribution in [2.24, 2.45) is 4.99 Å². The zero-order valence-corrected chi connectivity index (χ0v) is 18.2. The van der Waals surface area contributed by atoms with Crippen LogP contribution in [0.5, 0.6) is 0 Å². The van der Waals surface area contributed by atoms with Crippen LogP contribution in [0.2, 0.25) is 5.02 Å². The number of likely N-dealkylation sites (tertiary alicyclic amines) is 1. The molecule has 0 saturated carbocycles. The van der Waals surface area contributed by atoms with Crippen LogP contribution < -0.4 is 4.90 Å². The van der Waals surface area contributed by atoms with Crippen molar-refractivity contribution in [3.8, 4) is 0 Å². The number of piperidine rings is 1. The van der Waals surface area contributed by atoms with E-state index in [1.54, 1.807) is 24.3 Å². The number of anilines is 2. The minimum absolute atomic E-state index is 0.164. The number of thioether (sulfide) groups is 1. The van der Waals surface area contributed by atoms with Gasteiger partial charge in [0, 0.05) is 30.4 Å². The predicted molar refractivity (Wildman–Crippen MR) is 120 cm³/mol. The number of aliphatic imine (C=N–C) groups is 1. The van der Waals surface area contributed by atoms with E-state index in [4.69, 9.17) is 11.6 Å². The molecule has 0 radical (unpaired) electrons. The lowest BCUT2D eigenvalue weighted by Gasteiger charge is -2.27. The van der Waals surface area contributed by atoms with Crippen molar-refractivity contribution in [2.75, 3.05) is 18.0 Å². The lowest BCUT2D eigenvalue weighted by Crippen LogP contribution is -2.33. The zero-order valence-electron chi connectivity index (χ0n) is 15.8. The van der Waals surface area contributed by atoms with Gasteiger partial charge < -0.3 is 4.90 Å². The van der Waals surface area contributed by atoms with Crippen molar-refractivity contribution in [2.45, 2.75) is 26.2 Å². The second-order valence-corrected chi connectivity index (χ2v) is 9.03. The molecule has 0 atom stereocenters. The number of nitrogens with zero attached hydrogens (tertiary/aromatic N) is 4. The molecule has 3 heterocycles. The summed E-state index contributed by atoms with van der Waals surface area (Å²) in [6.45, 7) is 3.37. The van der Waals surface area contributed by atoms with Crippen molar-refractivity contribution in [1.82, 2.24) is 9.88 Å². The molecule has 2 aliphatic heterocycles. The fourth-order valence-electron chi connectivity index (χ4n) is 3.24. The Morgan fingerprint density at radius 3 is 2.79 bits per heavy atom. The number of benzene rings is 1.